The molecule has 1 rings (SSSR count). The van der Waals surface area contributed by atoms with Gasteiger partial charge in [-0.1, -0.05) is 63.6 Å². The van der Waals surface area contributed by atoms with Crippen LogP contribution in [0.2, 0.25) is 0 Å². The molecule has 0 atom stereocenters. The maximum Gasteiger partial charge on any atom is 0.282 e. The minimum absolute atomic E-state index is 0.796. The van der Waals surface area contributed by atoms with Crippen LogP contribution in [0.25, 0.3) is 0 Å². The molecule has 0 bridgehead atoms. The molecule has 1 aromatic rings. The van der Waals surface area contributed by atoms with Crippen molar-refractivity contribution in [1.29, 1.82) is 0 Å². The normalized spacial score (nSPS) is 10.9. The van der Waals surface area contributed by atoms with Crippen LogP contribution in [0, 0.1) is 0 Å². The van der Waals surface area contributed by atoms with E-state index < -0.39 is 5.97 Å². The molecule has 4 nitrogen and oxygen atoms in total. The Kier molecular flexibility index (Phi) is 14.7. The summed E-state index contributed by atoms with van der Waals surface area (Å²) in [5, 5.41) is 0. The van der Waals surface area contributed by atoms with Gasteiger partial charge >= 0.3 is 0 Å². The van der Waals surface area contributed by atoms with E-state index in [0.717, 1.165) is 18.6 Å². The first kappa shape index (κ1) is 22.9. The maximum atomic E-state index is 5.24. The summed E-state index contributed by atoms with van der Waals surface area (Å²) in [5.41, 5.74) is 0. The number of para-hydroxylation sites is 1. The van der Waals surface area contributed by atoms with Gasteiger partial charge in [0.05, 0.1) is 7.11 Å². The fourth-order valence-electron chi connectivity index (χ4n) is 2.41. The predicted molar refractivity (Wildman–Crippen MR) is 99.4 cm³/mol. The summed E-state index contributed by atoms with van der Waals surface area (Å²) in [6, 6.07) is 9.68. The first-order valence-corrected chi connectivity index (χ1v) is 8.92. The first-order valence-electron chi connectivity index (χ1n) is 8.92. The number of unbranched alkanes of at least 4 members (excludes halogenated alkanes) is 6. The molecule has 0 amide bonds. The Morgan fingerprint density at radius 1 is 0.708 bits per heavy atom. The molecule has 0 unspecified atom stereocenters. The van der Waals surface area contributed by atoms with Crippen LogP contribution in [0.4, 0.5) is 0 Å². The monoisotopic (exact) mass is 340 g/mol. The molecule has 0 fully saturated rings. The average Bonchev–Trinajstić information content (AvgIpc) is 2.66. The van der Waals surface area contributed by atoms with Crippen LogP contribution < -0.4 is 4.74 Å². The molecule has 0 aromatic heterocycles. The van der Waals surface area contributed by atoms with Crippen LogP contribution in [-0.2, 0) is 14.2 Å². The molecule has 0 N–H and O–H groups in total. The molecule has 0 radical (unpaired) electrons. The number of benzene rings is 1. The van der Waals surface area contributed by atoms with E-state index in [1.54, 1.807) is 28.4 Å². The molecule has 140 valence electrons. The third kappa shape index (κ3) is 10.6. The van der Waals surface area contributed by atoms with E-state index in [0.29, 0.717) is 0 Å². The Hall–Kier alpha value is -1.10. The van der Waals surface area contributed by atoms with Gasteiger partial charge in [0.15, 0.2) is 0 Å². The van der Waals surface area contributed by atoms with Gasteiger partial charge in [0, 0.05) is 27.8 Å². The van der Waals surface area contributed by atoms with Crippen molar-refractivity contribution in [2.75, 3.05) is 28.4 Å². The summed E-state index contributed by atoms with van der Waals surface area (Å²) >= 11 is 0. The van der Waals surface area contributed by atoms with Gasteiger partial charge in [-0.3, -0.25) is 0 Å². The highest BCUT2D eigenvalue weighted by molar-refractivity contribution is 5.20. The molecule has 1 aromatic carbocycles. The van der Waals surface area contributed by atoms with Crippen LogP contribution in [0.3, 0.4) is 0 Å². The van der Waals surface area contributed by atoms with Gasteiger partial charge in [0.25, 0.3) is 5.97 Å². The lowest BCUT2D eigenvalue weighted by molar-refractivity contribution is -0.355. The van der Waals surface area contributed by atoms with Gasteiger partial charge in [-0.25, -0.2) is 0 Å². The van der Waals surface area contributed by atoms with Crippen molar-refractivity contribution in [2.24, 2.45) is 0 Å². The highest BCUT2D eigenvalue weighted by Gasteiger charge is 2.28. The standard InChI is InChI=1S/C13H28O3.C7H8O/c1-5-6-7-8-9-10-11-12-13(14-2,15-3)16-4;1-8-7-5-3-2-4-6-7/h5-12H2,1-4H3;2-6H,1H3. The van der Waals surface area contributed by atoms with Crippen LogP contribution in [-0.4, -0.2) is 34.4 Å². The van der Waals surface area contributed by atoms with Crippen molar-refractivity contribution in [3.63, 3.8) is 0 Å². The zero-order chi connectivity index (χ0) is 18.1. The van der Waals surface area contributed by atoms with Crippen LogP contribution in [0.5, 0.6) is 5.75 Å². The highest BCUT2D eigenvalue weighted by Crippen LogP contribution is 2.21. The zero-order valence-corrected chi connectivity index (χ0v) is 16.2. The number of hydrogen-bond donors (Lipinski definition) is 0. The summed E-state index contributed by atoms with van der Waals surface area (Å²) in [7, 11) is 6.52. The Morgan fingerprint density at radius 2 is 1.21 bits per heavy atom. The predicted octanol–water partition coefficient (Wildman–Crippen LogP) is 5.42. The number of methoxy groups -OCH3 is 4. The smallest absolute Gasteiger partial charge is 0.282 e. The average molecular weight is 341 g/mol. The Morgan fingerprint density at radius 3 is 1.62 bits per heavy atom. The quantitative estimate of drug-likeness (QED) is 0.376. The Balaban J connectivity index is 0.000000546. The zero-order valence-electron chi connectivity index (χ0n) is 16.2. The minimum Gasteiger partial charge on any atom is -0.497 e. The van der Waals surface area contributed by atoms with Crippen molar-refractivity contribution in [2.45, 2.75) is 64.3 Å². The third-order valence-electron chi connectivity index (χ3n) is 4.00. The molecule has 0 spiro atoms. The van der Waals surface area contributed by atoms with Crippen molar-refractivity contribution >= 4 is 0 Å². The summed E-state index contributed by atoms with van der Waals surface area (Å²) in [6.07, 6.45) is 9.77. The molecule has 24 heavy (non-hydrogen) atoms. The molecular weight excluding hydrogens is 304 g/mol. The van der Waals surface area contributed by atoms with E-state index in [-0.39, 0.29) is 0 Å². The van der Waals surface area contributed by atoms with E-state index in [1.165, 1.54) is 38.5 Å². The molecule has 0 saturated heterocycles. The van der Waals surface area contributed by atoms with Gasteiger partial charge in [0.2, 0.25) is 0 Å². The fraction of sp³-hybridized carbons (Fsp3) is 0.700. The number of ether oxygens (including phenoxy) is 4. The number of rotatable bonds is 12. The molecule has 4 heteroatoms. The lowest BCUT2D eigenvalue weighted by atomic mass is 10.1. The molecule has 0 heterocycles. The molecular formula is C20H36O4. The van der Waals surface area contributed by atoms with E-state index in [2.05, 4.69) is 6.92 Å². The second kappa shape index (κ2) is 15.4. The minimum atomic E-state index is -0.830. The van der Waals surface area contributed by atoms with Gasteiger partial charge in [-0.15, -0.1) is 0 Å². The van der Waals surface area contributed by atoms with E-state index in [4.69, 9.17) is 18.9 Å². The summed E-state index contributed by atoms with van der Waals surface area (Å²) in [6.45, 7) is 2.24. The van der Waals surface area contributed by atoms with Crippen molar-refractivity contribution in [3.05, 3.63) is 30.3 Å². The Bertz CT molecular complexity index is 355. The number of hydrogen-bond acceptors (Lipinski definition) is 4. The van der Waals surface area contributed by atoms with Crippen LogP contribution in [0.1, 0.15) is 58.3 Å². The lowest BCUT2D eigenvalue weighted by Crippen LogP contribution is -2.35. The molecule has 0 aliphatic rings. The largest absolute Gasteiger partial charge is 0.497 e. The van der Waals surface area contributed by atoms with E-state index >= 15 is 0 Å². The SMILES string of the molecule is CCCCCCCCCC(OC)(OC)OC.COc1ccccc1. The van der Waals surface area contributed by atoms with Gasteiger partial charge < -0.3 is 18.9 Å². The fourth-order valence-corrected chi connectivity index (χ4v) is 2.41. The highest BCUT2D eigenvalue weighted by atomic mass is 16.9. The molecule has 0 aliphatic carbocycles. The second-order valence-electron chi connectivity index (χ2n) is 5.68. The Labute approximate surface area is 148 Å². The summed E-state index contributed by atoms with van der Waals surface area (Å²) in [5.74, 6) is 0.0798. The van der Waals surface area contributed by atoms with Crippen molar-refractivity contribution in [1.82, 2.24) is 0 Å². The second-order valence-corrected chi connectivity index (χ2v) is 5.68. The topological polar surface area (TPSA) is 36.9 Å². The van der Waals surface area contributed by atoms with Crippen molar-refractivity contribution < 1.29 is 18.9 Å². The van der Waals surface area contributed by atoms with Crippen LogP contribution >= 0.6 is 0 Å². The van der Waals surface area contributed by atoms with Crippen molar-refractivity contribution in [3.8, 4) is 5.75 Å². The summed E-state index contributed by atoms with van der Waals surface area (Å²) < 4.78 is 20.6. The van der Waals surface area contributed by atoms with E-state index in [9.17, 15) is 0 Å². The first-order chi connectivity index (χ1) is 11.7. The van der Waals surface area contributed by atoms with Gasteiger partial charge in [0.1, 0.15) is 5.75 Å². The lowest BCUT2D eigenvalue weighted by Gasteiger charge is -2.28. The van der Waals surface area contributed by atoms with E-state index in [1.807, 2.05) is 30.3 Å². The maximum absolute atomic E-state index is 5.24. The third-order valence-corrected chi connectivity index (χ3v) is 4.00. The van der Waals surface area contributed by atoms with Gasteiger partial charge in [-0.2, -0.15) is 0 Å². The van der Waals surface area contributed by atoms with Gasteiger partial charge in [-0.05, 0) is 18.6 Å². The molecule has 0 aliphatic heterocycles. The van der Waals surface area contributed by atoms with Crippen LogP contribution in [0.15, 0.2) is 30.3 Å². The molecule has 0 saturated carbocycles. The summed E-state index contributed by atoms with van der Waals surface area (Å²) in [4.78, 5) is 0.